The van der Waals surface area contributed by atoms with Crippen molar-refractivity contribution in [3.8, 4) is 22.5 Å². The summed E-state index contributed by atoms with van der Waals surface area (Å²) in [7, 11) is 0. The van der Waals surface area contributed by atoms with Crippen LogP contribution in [0.3, 0.4) is 0 Å². The number of aromatic nitrogens is 6. The number of nitrogens with zero attached hydrogens (tertiary/aromatic N) is 4. The number of fused-ring (bicyclic) bond motifs is 1. The van der Waals surface area contributed by atoms with E-state index in [0.717, 1.165) is 54.4 Å². The summed E-state index contributed by atoms with van der Waals surface area (Å²) in [5, 5.41) is 14.5. The van der Waals surface area contributed by atoms with Crippen molar-refractivity contribution in [3.63, 3.8) is 0 Å². The molecule has 2 heterocycles. The molecule has 5 aromatic rings. The topological polar surface area (TPSA) is 154 Å². The zero-order chi connectivity index (χ0) is 31.2. The molecule has 2 aromatic heterocycles. The smallest absolute Gasteiger partial charge is 0.431 e. The fourth-order valence-corrected chi connectivity index (χ4v) is 5.60. The number of H-pyrrole nitrogens is 2. The summed E-state index contributed by atoms with van der Waals surface area (Å²) in [5.41, 5.74) is 4.96. The van der Waals surface area contributed by atoms with Crippen LogP contribution in [0, 0.1) is 0 Å². The van der Waals surface area contributed by atoms with E-state index in [9.17, 15) is 9.59 Å². The largest absolute Gasteiger partial charge is 0.511 e. The molecule has 0 radical (unpaired) electrons. The Morgan fingerprint density at radius 1 is 0.933 bits per heavy atom. The number of imidazole rings is 1. The number of ether oxygens (including phenoxy) is 4. The fourth-order valence-electron chi connectivity index (χ4n) is 5.60. The lowest BCUT2D eigenvalue weighted by molar-refractivity contribution is -0.0914. The van der Waals surface area contributed by atoms with Gasteiger partial charge in [-0.1, -0.05) is 61.0 Å². The molecule has 1 saturated carbocycles. The first-order valence-corrected chi connectivity index (χ1v) is 15.1. The van der Waals surface area contributed by atoms with Gasteiger partial charge in [0.05, 0.1) is 11.1 Å². The van der Waals surface area contributed by atoms with Gasteiger partial charge < -0.3 is 23.9 Å². The lowest BCUT2D eigenvalue weighted by Gasteiger charge is -2.22. The molecule has 2 atom stereocenters. The number of para-hydroxylation sites is 1. The first-order valence-electron chi connectivity index (χ1n) is 15.1. The van der Waals surface area contributed by atoms with Gasteiger partial charge in [-0.15, -0.1) is 10.2 Å². The minimum Gasteiger partial charge on any atom is -0.431 e. The van der Waals surface area contributed by atoms with Gasteiger partial charge >= 0.3 is 12.1 Å². The standard InChI is InChI=1S/C33H34N6O6/c1-3-42-29(22-18-16-21(17-19-22)24-12-7-8-13-25(24)30-36-38-39-37-30)31-34-27-15-9-14-26(28(27)35-31)32(40)43-20(2)44-33(41)45-23-10-5-4-6-11-23/h7-9,12-20,23,29H,3-6,10-11H2,1-2H3,(H,34,35)(H,36,37,38,39). The van der Waals surface area contributed by atoms with E-state index < -0.39 is 24.5 Å². The molecule has 12 heteroatoms. The van der Waals surface area contributed by atoms with Gasteiger partial charge in [-0.3, -0.25) is 0 Å². The summed E-state index contributed by atoms with van der Waals surface area (Å²) >= 11 is 0. The van der Waals surface area contributed by atoms with Crippen LogP contribution in [-0.2, 0) is 18.9 Å². The molecule has 232 valence electrons. The predicted molar refractivity (Wildman–Crippen MR) is 164 cm³/mol. The molecule has 12 nitrogen and oxygen atoms in total. The zero-order valence-corrected chi connectivity index (χ0v) is 25.1. The molecule has 0 spiro atoms. The highest BCUT2D eigenvalue weighted by molar-refractivity contribution is 6.02. The summed E-state index contributed by atoms with van der Waals surface area (Å²) in [5.74, 6) is 0.375. The van der Waals surface area contributed by atoms with Crippen LogP contribution in [0.1, 0.15) is 73.8 Å². The molecule has 45 heavy (non-hydrogen) atoms. The number of tetrazole rings is 1. The molecule has 1 fully saturated rings. The number of nitrogens with one attached hydrogen (secondary N) is 2. The Morgan fingerprint density at radius 3 is 2.44 bits per heavy atom. The van der Waals surface area contributed by atoms with E-state index in [0.29, 0.717) is 29.3 Å². The minimum atomic E-state index is -1.14. The van der Waals surface area contributed by atoms with Gasteiger partial charge in [0.25, 0.3) is 0 Å². The lowest BCUT2D eigenvalue weighted by atomic mass is 9.97. The maximum Gasteiger partial charge on any atom is 0.511 e. The molecular formula is C33H34N6O6. The summed E-state index contributed by atoms with van der Waals surface area (Å²) in [6.45, 7) is 3.82. The second-order valence-electron chi connectivity index (χ2n) is 10.8. The van der Waals surface area contributed by atoms with Crippen LogP contribution in [0.2, 0.25) is 0 Å². The molecule has 0 amide bonds. The van der Waals surface area contributed by atoms with Gasteiger partial charge in [0, 0.05) is 19.1 Å². The van der Waals surface area contributed by atoms with Crippen molar-refractivity contribution in [3.05, 3.63) is 83.7 Å². The van der Waals surface area contributed by atoms with Crippen LogP contribution in [-0.4, -0.2) is 61.7 Å². The zero-order valence-electron chi connectivity index (χ0n) is 25.1. The number of rotatable bonds is 10. The van der Waals surface area contributed by atoms with E-state index >= 15 is 0 Å². The average molecular weight is 611 g/mol. The van der Waals surface area contributed by atoms with Gasteiger partial charge in [0.15, 0.2) is 0 Å². The number of esters is 1. The fraction of sp³-hybridized carbons (Fsp3) is 0.333. The number of hydrogen-bond acceptors (Lipinski definition) is 10. The third-order valence-electron chi connectivity index (χ3n) is 7.72. The Balaban J connectivity index is 1.19. The number of hydrogen-bond donors (Lipinski definition) is 2. The Morgan fingerprint density at radius 2 is 1.71 bits per heavy atom. The van der Waals surface area contributed by atoms with Gasteiger partial charge in [-0.25, -0.2) is 14.6 Å². The molecule has 1 aliphatic carbocycles. The Kier molecular flexibility index (Phi) is 9.11. The van der Waals surface area contributed by atoms with E-state index in [1.807, 2.05) is 61.5 Å². The lowest BCUT2D eigenvalue weighted by Crippen LogP contribution is -2.26. The van der Waals surface area contributed by atoms with Crippen molar-refractivity contribution in [1.82, 2.24) is 30.6 Å². The number of benzene rings is 3. The van der Waals surface area contributed by atoms with E-state index in [1.54, 1.807) is 12.1 Å². The van der Waals surface area contributed by atoms with Crippen LogP contribution >= 0.6 is 0 Å². The Hall–Kier alpha value is -5.10. The molecule has 0 saturated heterocycles. The molecule has 6 rings (SSSR count). The van der Waals surface area contributed by atoms with E-state index in [-0.39, 0.29) is 11.7 Å². The van der Waals surface area contributed by atoms with Gasteiger partial charge in [-0.2, -0.15) is 5.21 Å². The van der Waals surface area contributed by atoms with Crippen molar-refractivity contribution in [1.29, 1.82) is 0 Å². The average Bonchev–Trinajstić information content (AvgIpc) is 3.75. The van der Waals surface area contributed by atoms with Gasteiger partial charge in [0.1, 0.15) is 23.5 Å². The maximum absolute atomic E-state index is 13.1. The molecule has 0 bridgehead atoms. The third kappa shape index (κ3) is 6.86. The summed E-state index contributed by atoms with van der Waals surface area (Å²) < 4.78 is 22.1. The molecule has 0 aliphatic heterocycles. The van der Waals surface area contributed by atoms with E-state index in [1.165, 1.54) is 6.92 Å². The van der Waals surface area contributed by atoms with E-state index in [2.05, 4.69) is 25.6 Å². The molecule has 3 aromatic carbocycles. The van der Waals surface area contributed by atoms with Crippen LogP contribution in [0.4, 0.5) is 4.79 Å². The van der Waals surface area contributed by atoms with E-state index in [4.69, 9.17) is 23.9 Å². The van der Waals surface area contributed by atoms with Crippen LogP contribution < -0.4 is 0 Å². The SMILES string of the molecule is CCOC(c1ccc(-c2ccccc2-c2nn[nH]n2)cc1)c1nc2c(C(=O)OC(C)OC(=O)OC3CCCCC3)cccc2[nH]1. The molecule has 2 N–H and O–H groups in total. The second-order valence-corrected chi connectivity index (χ2v) is 10.8. The monoisotopic (exact) mass is 610 g/mol. The maximum atomic E-state index is 13.1. The van der Waals surface area contributed by atoms with Crippen molar-refractivity contribution < 1.29 is 28.5 Å². The quantitative estimate of drug-likeness (QED) is 0.132. The van der Waals surface area contributed by atoms with Crippen molar-refractivity contribution >= 4 is 23.2 Å². The predicted octanol–water partition coefficient (Wildman–Crippen LogP) is 6.52. The Bertz CT molecular complexity index is 1750. The molecule has 1 aliphatic rings. The first-order chi connectivity index (χ1) is 22.0. The van der Waals surface area contributed by atoms with Crippen LogP contribution in [0.25, 0.3) is 33.5 Å². The van der Waals surface area contributed by atoms with Crippen molar-refractivity contribution in [2.24, 2.45) is 0 Å². The number of carbonyl (C=O) groups excluding carboxylic acids is 2. The summed E-state index contributed by atoms with van der Waals surface area (Å²) in [6, 6.07) is 21.0. The van der Waals surface area contributed by atoms with Crippen LogP contribution in [0.5, 0.6) is 0 Å². The summed E-state index contributed by atoms with van der Waals surface area (Å²) in [6.07, 6.45) is 2.14. The normalized spacial score (nSPS) is 15.0. The summed E-state index contributed by atoms with van der Waals surface area (Å²) in [4.78, 5) is 33.4. The third-order valence-corrected chi connectivity index (χ3v) is 7.72. The highest BCUT2D eigenvalue weighted by Gasteiger charge is 2.25. The van der Waals surface area contributed by atoms with Crippen molar-refractivity contribution in [2.75, 3.05) is 6.61 Å². The van der Waals surface area contributed by atoms with Gasteiger partial charge in [0.2, 0.25) is 12.1 Å². The minimum absolute atomic E-state index is 0.160. The second kappa shape index (κ2) is 13.7. The number of carbonyl (C=O) groups is 2. The first kappa shape index (κ1) is 29.9. The van der Waals surface area contributed by atoms with Crippen molar-refractivity contribution in [2.45, 2.75) is 64.4 Å². The highest BCUT2D eigenvalue weighted by Crippen LogP contribution is 2.33. The molecule has 2 unspecified atom stereocenters. The molecular weight excluding hydrogens is 576 g/mol. The highest BCUT2D eigenvalue weighted by atomic mass is 16.8. The van der Waals surface area contributed by atoms with Gasteiger partial charge in [-0.05, 0) is 66.6 Å². The number of aromatic amines is 2. The Labute approximate surface area is 259 Å². The van der Waals surface area contributed by atoms with Crippen LogP contribution in [0.15, 0.2) is 66.7 Å².